The molecule has 0 N–H and O–H groups in total. The number of benzene rings is 3. The minimum atomic E-state index is -0.498. The Bertz CT molecular complexity index is 1690. The Morgan fingerprint density at radius 1 is 1.03 bits per heavy atom. The number of amides is 1. The van der Waals surface area contributed by atoms with Crippen LogP contribution in [-0.4, -0.2) is 36.3 Å². The molecule has 39 heavy (non-hydrogen) atoms. The van der Waals surface area contributed by atoms with E-state index in [-0.39, 0.29) is 25.3 Å². The maximum Gasteiger partial charge on any atom is 0.339 e. The van der Waals surface area contributed by atoms with Crippen molar-refractivity contribution in [3.8, 4) is 11.5 Å². The zero-order valence-electron chi connectivity index (χ0n) is 21.5. The van der Waals surface area contributed by atoms with Crippen molar-refractivity contribution in [1.82, 2.24) is 4.98 Å². The van der Waals surface area contributed by atoms with Gasteiger partial charge in [0, 0.05) is 17.1 Å². The Labute approximate surface area is 225 Å². The van der Waals surface area contributed by atoms with E-state index in [2.05, 4.69) is 6.08 Å². The molecule has 7 rings (SSSR count). The molecular weight excluding hydrogens is 492 g/mol. The molecule has 194 valence electrons. The highest BCUT2D eigenvalue weighted by Crippen LogP contribution is 2.39. The number of carbonyl (C=O) groups is 2. The molecule has 0 fully saturated rings. The molecule has 0 radical (unpaired) electrons. The molecule has 3 aromatic carbocycles. The topological polar surface area (TPSA) is 78.0 Å². The Balaban J connectivity index is 1.19. The second-order valence-corrected chi connectivity index (χ2v) is 10.1. The van der Waals surface area contributed by atoms with Crippen LogP contribution in [0.2, 0.25) is 0 Å². The molecule has 3 aliphatic rings. The summed E-state index contributed by atoms with van der Waals surface area (Å²) in [7, 11) is 0. The van der Waals surface area contributed by atoms with Crippen molar-refractivity contribution in [2.45, 2.75) is 32.2 Å². The largest absolute Gasteiger partial charge is 0.454 e. The van der Waals surface area contributed by atoms with Gasteiger partial charge < -0.3 is 19.1 Å². The van der Waals surface area contributed by atoms with Crippen LogP contribution in [0.25, 0.3) is 22.6 Å². The smallest absolute Gasteiger partial charge is 0.339 e. The number of carbonyl (C=O) groups excluding carboxylic acids is 2. The van der Waals surface area contributed by atoms with Gasteiger partial charge >= 0.3 is 5.97 Å². The maximum atomic E-state index is 13.6. The second-order valence-electron chi connectivity index (χ2n) is 10.1. The van der Waals surface area contributed by atoms with Gasteiger partial charge in [0.05, 0.1) is 16.8 Å². The van der Waals surface area contributed by atoms with Crippen molar-refractivity contribution >= 4 is 40.1 Å². The van der Waals surface area contributed by atoms with Crippen LogP contribution in [0.4, 0.5) is 5.69 Å². The average Bonchev–Trinajstić information content (AvgIpc) is 3.66. The van der Waals surface area contributed by atoms with Gasteiger partial charge in [-0.1, -0.05) is 42.5 Å². The lowest BCUT2D eigenvalue weighted by molar-refractivity contribution is -0.122. The Morgan fingerprint density at radius 2 is 1.85 bits per heavy atom. The van der Waals surface area contributed by atoms with Crippen molar-refractivity contribution in [2.24, 2.45) is 0 Å². The zero-order chi connectivity index (χ0) is 26.5. The third-order valence-electron chi connectivity index (χ3n) is 7.69. The number of rotatable bonds is 4. The lowest BCUT2D eigenvalue weighted by Crippen LogP contribution is -2.38. The zero-order valence-corrected chi connectivity index (χ0v) is 21.5. The summed E-state index contributed by atoms with van der Waals surface area (Å²) in [5.41, 5.74) is 6.91. The van der Waals surface area contributed by atoms with Gasteiger partial charge in [-0.25, -0.2) is 9.78 Å². The predicted molar refractivity (Wildman–Crippen MR) is 148 cm³/mol. The third-order valence-corrected chi connectivity index (χ3v) is 7.69. The summed E-state index contributed by atoms with van der Waals surface area (Å²) in [4.78, 5) is 33.5. The number of nitrogens with zero attached hydrogens (tertiary/aromatic N) is 2. The van der Waals surface area contributed by atoms with Gasteiger partial charge in [-0.2, -0.15) is 0 Å². The van der Waals surface area contributed by atoms with Crippen LogP contribution < -0.4 is 14.4 Å². The highest BCUT2D eigenvalue weighted by molar-refractivity contribution is 6.08. The van der Waals surface area contributed by atoms with E-state index in [1.165, 1.54) is 0 Å². The van der Waals surface area contributed by atoms with E-state index >= 15 is 0 Å². The summed E-state index contributed by atoms with van der Waals surface area (Å²) in [5.74, 6) is 0.735. The molecule has 0 bridgehead atoms. The fourth-order valence-corrected chi connectivity index (χ4v) is 5.93. The summed E-state index contributed by atoms with van der Waals surface area (Å²) >= 11 is 0. The summed E-state index contributed by atoms with van der Waals surface area (Å²) in [6, 6.07) is 21.3. The van der Waals surface area contributed by atoms with E-state index in [0.717, 1.165) is 68.9 Å². The number of allylic oxidation sites excluding steroid dienone is 1. The number of aromatic nitrogens is 1. The summed E-state index contributed by atoms with van der Waals surface area (Å²) < 4.78 is 16.7. The number of fused-ring (bicyclic) bond motifs is 4. The van der Waals surface area contributed by atoms with Crippen LogP contribution in [0.3, 0.4) is 0 Å². The molecule has 0 saturated heterocycles. The first-order chi connectivity index (χ1) is 19.1. The predicted octanol–water partition coefficient (Wildman–Crippen LogP) is 5.58. The van der Waals surface area contributed by atoms with Crippen molar-refractivity contribution < 1.29 is 23.8 Å². The third kappa shape index (κ3) is 4.02. The number of pyridine rings is 1. The van der Waals surface area contributed by atoms with Gasteiger partial charge in [0.25, 0.3) is 5.91 Å². The molecule has 7 heteroatoms. The molecule has 1 atom stereocenters. The molecule has 1 aromatic heterocycles. The van der Waals surface area contributed by atoms with Crippen molar-refractivity contribution in [3.63, 3.8) is 0 Å². The molecule has 1 aliphatic carbocycles. The number of anilines is 1. The maximum absolute atomic E-state index is 13.6. The van der Waals surface area contributed by atoms with E-state index in [0.29, 0.717) is 12.0 Å². The number of hydrogen-bond acceptors (Lipinski definition) is 6. The lowest BCUT2D eigenvalue weighted by atomic mass is 10.0. The molecule has 1 amide bonds. The van der Waals surface area contributed by atoms with Gasteiger partial charge in [0.15, 0.2) is 18.1 Å². The van der Waals surface area contributed by atoms with E-state index in [9.17, 15) is 9.59 Å². The van der Waals surface area contributed by atoms with Crippen LogP contribution >= 0.6 is 0 Å². The molecule has 7 nitrogen and oxygen atoms in total. The first-order valence-corrected chi connectivity index (χ1v) is 13.2. The molecule has 1 unspecified atom stereocenters. The standard InChI is InChI=1S/C32H26N2O5/c1-19-14-21-6-2-5-9-26(21)34(19)29(35)17-37-32(36)30-23-7-3-4-8-25(23)33-31-22(11-12-24(30)31)15-20-10-13-27-28(16-20)39-18-38-27/h2-10,13,15-16,19H,11-12,14,17-18H2,1H3. The van der Waals surface area contributed by atoms with Crippen LogP contribution in [0.1, 0.15) is 46.1 Å². The normalized spacial score (nSPS) is 17.9. The van der Waals surface area contributed by atoms with E-state index in [1.54, 1.807) is 4.90 Å². The highest BCUT2D eigenvalue weighted by atomic mass is 16.7. The first-order valence-electron chi connectivity index (χ1n) is 13.2. The van der Waals surface area contributed by atoms with Crippen molar-refractivity contribution in [1.29, 1.82) is 0 Å². The van der Waals surface area contributed by atoms with E-state index in [4.69, 9.17) is 19.2 Å². The fourth-order valence-electron chi connectivity index (χ4n) is 5.93. The molecule has 4 aromatic rings. The lowest BCUT2D eigenvalue weighted by Gasteiger charge is -2.22. The van der Waals surface area contributed by atoms with Gasteiger partial charge in [0.1, 0.15) is 0 Å². The van der Waals surface area contributed by atoms with E-state index < -0.39 is 5.97 Å². The average molecular weight is 519 g/mol. The number of para-hydroxylation sites is 2. The Kier molecular flexibility index (Phi) is 5.58. The van der Waals surface area contributed by atoms with Crippen LogP contribution in [0.5, 0.6) is 11.5 Å². The molecule has 2 aliphatic heterocycles. The number of hydrogen-bond donors (Lipinski definition) is 0. The van der Waals surface area contributed by atoms with Crippen LogP contribution in [0, 0.1) is 0 Å². The quantitative estimate of drug-likeness (QED) is 0.328. The number of ether oxygens (including phenoxy) is 3. The summed E-state index contributed by atoms with van der Waals surface area (Å²) in [5, 5.41) is 0.734. The monoisotopic (exact) mass is 518 g/mol. The Hall–Kier alpha value is -4.65. The highest BCUT2D eigenvalue weighted by Gasteiger charge is 2.32. The molecule has 3 heterocycles. The summed E-state index contributed by atoms with van der Waals surface area (Å²) in [6.07, 6.45) is 4.28. The van der Waals surface area contributed by atoms with Crippen LogP contribution in [-0.2, 0) is 22.4 Å². The van der Waals surface area contributed by atoms with Crippen molar-refractivity contribution in [3.05, 3.63) is 94.7 Å². The second kappa shape index (κ2) is 9.27. The minimum absolute atomic E-state index is 0.0171. The SMILES string of the molecule is CC1Cc2ccccc2N1C(=O)COC(=O)c1c2c(nc3ccccc13)C(=Cc1ccc3c(c1)OCO3)CC2. The Morgan fingerprint density at radius 3 is 2.77 bits per heavy atom. The number of esters is 1. The van der Waals surface area contributed by atoms with Crippen LogP contribution in [0.15, 0.2) is 66.7 Å². The molecular formula is C32H26N2O5. The van der Waals surface area contributed by atoms with Gasteiger partial charge in [-0.3, -0.25) is 4.79 Å². The summed E-state index contributed by atoms with van der Waals surface area (Å²) in [6.45, 7) is 1.92. The fraction of sp³-hybridized carbons (Fsp3) is 0.219. The van der Waals surface area contributed by atoms with Crippen molar-refractivity contribution in [2.75, 3.05) is 18.3 Å². The molecule has 0 spiro atoms. The van der Waals surface area contributed by atoms with Gasteiger partial charge in [-0.15, -0.1) is 0 Å². The van der Waals surface area contributed by atoms with Gasteiger partial charge in [0.2, 0.25) is 6.79 Å². The first kappa shape index (κ1) is 23.5. The minimum Gasteiger partial charge on any atom is -0.454 e. The van der Waals surface area contributed by atoms with E-state index in [1.807, 2.05) is 73.7 Å². The molecule has 0 saturated carbocycles. The van der Waals surface area contributed by atoms with Gasteiger partial charge in [-0.05, 0) is 78.8 Å².